The summed E-state index contributed by atoms with van der Waals surface area (Å²) in [7, 11) is 0. The molecular formula is C8H6ClF3N2O2. The first-order valence-corrected chi connectivity index (χ1v) is 4.36. The van der Waals surface area contributed by atoms with E-state index in [-0.39, 0.29) is 10.6 Å². The van der Waals surface area contributed by atoms with Gasteiger partial charge in [-0.25, -0.2) is 5.48 Å². The minimum atomic E-state index is -4.51. The van der Waals surface area contributed by atoms with Gasteiger partial charge in [-0.2, -0.15) is 13.2 Å². The van der Waals surface area contributed by atoms with Crippen LogP contribution < -0.4 is 5.48 Å². The maximum atomic E-state index is 11.7. The van der Waals surface area contributed by atoms with E-state index in [9.17, 15) is 18.0 Å². The van der Waals surface area contributed by atoms with Crippen molar-refractivity contribution in [1.82, 2.24) is 10.5 Å². The molecule has 0 atom stereocenters. The van der Waals surface area contributed by atoms with Crippen LogP contribution in [-0.2, 0) is 4.84 Å². The molecule has 0 radical (unpaired) electrons. The van der Waals surface area contributed by atoms with Crippen molar-refractivity contribution in [1.29, 1.82) is 0 Å². The number of hydrogen-bond acceptors (Lipinski definition) is 3. The van der Waals surface area contributed by atoms with Crippen molar-refractivity contribution in [3.63, 3.8) is 0 Å². The third-order valence-corrected chi connectivity index (χ3v) is 1.74. The van der Waals surface area contributed by atoms with E-state index in [0.29, 0.717) is 0 Å². The molecule has 1 rings (SSSR count). The number of hydrogen-bond donors (Lipinski definition) is 1. The molecule has 8 heteroatoms. The van der Waals surface area contributed by atoms with Gasteiger partial charge in [-0.1, -0.05) is 11.6 Å². The van der Waals surface area contributed by atoms with Crippen LogP contribution in [0.25, 0.3) is 0 Å². The summed E-state index contributed by atoms with van der Waals surface area (Å²) in [5, 5.41) is 0.0723. The molecule has 16 heavy (non-hydrogen) atoms. The second-order valence-corrected chi connectivity index (χ2v) is 3.10. The van der Waals surface area contributed by atoms with Gasteiger partial charge < -0.3 is 0 Å². The largest absolute Gasteiger partial charge is 0.414 e. The van der Waals surface area contributed by atoms with Crippen molar-refractivity contribution >= 4 is 17.5 Å². The first-order valence-electron chi connectivity index (χ1n) is 3.98. The van der Waals surface area contributed by atoms with Crippen LogP contribution in [0.15, 0.2) is 18.5 Å². The fourth-order valence-corrected chi connectivity index (χ4v) is 0.974. The zero-order valence-electron chi connectivity index (χ0n) is 7.71. The SMILES string of the molecule is O=C(NOCC(F)(F)F)c1cnccc1Cl. The van der Waals surface area contributed by atoms with Gasteiger partial charge in [0, 0.05) is 12.4 Å². The number of nitrogens with zero attached hydrogens (tertiary/aromatic N) is 1. The number of halogens is 4. The Labute approximate surface area is 93.3 Å². The number of rotatable bonds is 3. The highest BCUT2D eigenvalue weighted by Crippen LogP contribution is 2.15. The number of carbonyl (C=O) groups excluding carboxylic acids is 1. The fourth-order valence-electron chi connectivity index (χ4n) is 0.783. The second kappa shape index (κ2) is 5.13. The summed E-state index contributed by atoms with van der Waals surface area (Å²) in [5.74, 6) is -0.887. The minimum Gasteiger partial charge on any atom is -0.267 e. The summed E-state index contributed by atoms with van der Waals surface area (Å²) < 4.78 is 35.0. The molecule has 0 aromatic carbocycles. The first-order chi connectivity index (χ1) is 7.40. The Morgan fingerprint density at radius 2 is 2.25 bits per heavy atom. The Morgan fingerprint density at radius 3 is 2.81 bits per heavy atom. The Balaban J connectivity index is 2.51. The van der Waals surface area contributed by atoms with E-state index >= 15 is 0 Å². The molecule has 0 saturated heterocycles. The van der Waals surface area contributed by atoms with E-state index in [2.05, 4.69) is 9.82 Å². The lowest BCUT2D eigenvalue weighted by atomic mass is 10.3. The van der Waals surface area contributed by atoms with Crippen LogP contribution in [0, 0.1) is 0 Å². The van der Waals surface area contributed by atoms with Gasteiger partial charge >= 0.3 is 6.18 Å². The van der Waals surface area contributed by atoms with Crippen molar-refractivity contribution in [2.75, 3.05) is 6.61 Å². The zero-order valence-corrected chi connectivity index (χ0v) is 8.47. The number of alkyl halides is 3. The molecule has 1 heterocycles. The van der Waals surface area contributed by atoms with Crippen LogP contribution in [0.2, 0.25) is 5.02 Å². The number of aromatic nitrogens is 1. The van der Waals surface area contributed by atoms with Crippen molar-refractivity contribution < 1.29 is 22.8 Å². The quantitative estimate of drug-likeness (QED) is 0.839. The van der Waals surface area contributed by atoms with Crippen LogP contribution in [0.3, 0.4) is 0 Å². The zero-order chi connectivity index (χ0) is 12.2. The smallest absolute Gasteiger partial charge is 0.267 e. The maximum Gasteiger partial charge on any atom is 0.414 e. The summed E-state index contributed by atoms with van der Waals surface area (Å²) in [6.45, 7) is -1.57. The topological polar surface area (TPSA) is 51.2 Å². The Morgan fingerprint density at radius 1 is 1.56 bits per heavy atom. The third kappa shape index (κ3) is 4.03. The van der Waals surface area contributed by atoms with Crippen molar-refractivity contribution in [3.05, 3.63) is 29.0 Å². The summed E-state index contributed by atoms with van der Waals surface area (Å²) >= 11 is 5.61. The predicted molar refractivity (Wildman–Crippen MR) is 48.7 cm³/mol. The van der Waals surface area contributed by atoms with Crippen molar-refractivity contribution in [3.8, 4) is 0 Å². The van der Waals surface area contributed by atoms with Crippen LogP contribution >= 0.6 is 11.6 Å². The van der Waals surface area contributed by atoms with Crippen molar-refractivity contribution in [2.24, 2.45) is 0 Å². The van der Waals surface area contributed by atoms with Crippen LogP contribution in [-0.4, -0.2) is 23.7 Å². The van der Waals surface area contributed by atoms with Gasteiger partial charge in [0.05, 0.1) is 10.6 Å². The van der Waals surface area contributed by atoms with Crippen LogP contribution in [0.1, 0.15) is 10.4 Å². The standard InChI is InChI=1S/C8H6ClF3N2O2/c9-6-1-2-13-3-5(6)7(15)14-16-4-8(10,11)12/h1-3H,4H2,(H,14,15). The summed E-state index contributed by atoms with van der Waals surface area (Å²) in [6.07, 6.45) is -2.05. The molecule has 1 aromatic rings. The molecule has 0 spiro atoms. The Kier molecular flexibility index (Phi) is 4.08. The van der Waals surface area contributed by atoms with Gasteiger partial charge in [0.1, 0.15) is 0 Å². The normalized spacial score (nSPS) is 11.2. The van der Waals surface area contributed by atoms with Gasteiger partial charge in [0.15, 0.2) is 6.61 Å². The summed E-state index contributed by atoms with van der Waals surface area (Å²) in [5.41, 5.74) is 1.55. The van der Waals surface area contributed by atoms with Gasteiger partial charge in [-0.15, -0.1) is 0 Å². The molecular weight excluding hydrogens is 249 g/mol. The summed E-state index contributed by atoms with van der Waals surface area (Å²) in [4.78, 5) is 18.8. The monoisotopic (exact) mass is 254 g/mol. The molecule has 0 unspecified atom stereocenters. The molecule has 4 nitrogen and oxygen atoms in total. The highest BCUT2D eigenvalue weighted by Gasteiger charge is 2.28. The number of pyridine rings is 1. The maximum absolute atomic E-state index is 11.7. The summed E-state index contributed by atoms with van der Waals surface area (Å²) in [6, 6.07) is 1.33. The fraction of sp³-hybridized carbons (Fsp3) is 0.250. The Bertz CT molecular complexity index is 384. The third-order valence-electron chi connectivity index (χ3n) is 1.41. The highest BCUT2D eigenvalue weighted by molar-refractivity contribution is 6.33. The molecule has 0 saturated carbocycles. The molecule has 88 valence electrons. The molecule has 1 N–H and O–H groups in total. The second-order valence-electron chi connectivity index (χ2n) is 2.69. The molecule has 0 aliphatic heterocycles. The van der Waals surface area contributed by atoms with E-state index in [1.54, 1.807) is 5.48 Å². The number of nitrogens with one attached hydrogen (secondary N) is 1. The predicted octanol–water partition coefficient (Wildman–Crippen LogP) is 1.96. The van der Waals surface area contributed by atoms with Gasteiger partial charge in [0.25, 0.3) is 5.91 Å². The molecule has 0 fully saturated rings. The van der Waals surface area contributed by atoms with Gasteiger partial charge in [-0.05, 0) is 6.07 Å². The first kappa shape index (κ1) is 12.7. The van der Waals surface area contributed by atoms with Crippen LogP contribution in [0.5, 0.6) is 0 Å². The lowest BCUT2D eigenvalue weighted by Gasteiger charge is -2.08. The number of carbonyl (C=O) groups is 1. The number of amides is 1. The molecule has 0 bridgehead atoms. The van der Waals surface area contributed by atoms with Crippen molar-refractivity contribution in [2.45, 2.75) is 6.18 Å². The Hall–Kier alpha value is -1.34. The van der Waals surface area contributed by atoms with Crippen LogP contribution in [0.4, 0.5) is 13.2 Å². The highest BCUT2D eigenvalue weighted by atomic mass is 35.5. The van der Waals surface area contributed by atoms with E-state index in [0.717, 1.165) is 6.20 Å². The molecule has 0 aliphatic carbocycles. The lowest BCUT2D eigenvalue weighted by molar-refractivity contribution is -0.184. The molecule has 1 amide bonds. The molecule has 1 aromatic heterocycles. The average molecular weight is 255 g/mol. The number of hydroxylamine groups is 1. The van der Waals surface area contributed by atoms with E-state index in [4.69, 9.17) is 11.6 Å². The lowest BCUT2D eigenvalue weighted by Crippen LogP contribution is -2.29. The minimum absolute atomic E-state index is 0.0636. The average Bonchev–Trinajstić information content (AvgIpc) is 2.16. The van der Waals surface area contributed by atoms with E-state index in [1.165, 1.54) is 12.3 Å². The molecule has 0 aliphatic rings. The van der Waals surface area contributed by atoms with Gasteiger partial charge in [0.2, 0.25) is 0 Å². The van der Waals surface area contributed by atoms with Gasteiger partial charge in [-0.3, -0.25) is 14.6 Å². The van der Waals surface area contributed by atoms with E-state index < -0.39 is 18.7 Å². The van der Waals surface area contributed by atoms with E-state index in [1.807, 2.05) is 0 Å².